The van der Waals surface area contributed by atoms with Crippen molar-refractivity contribution >= 4 is 17.2 Å². The van der Waals surface area contributed by atoms with Crippen molar-refractivity contribution in [1.29, 1.82) is 0 Å². The molecular weight excluding hydrogens is 398 g/mol. The Hall–Kier alpha value is -1.99. The molecule has 0 radical (unpaired) electrons. The minimum atomic E-state index is -0.334. The highest BCUT2D eigenvalue weighted by atomic mass is 35.5. The Morgan fingerprint density at radius 3 is 2.53 bits per heavy atom. The first-order valence-corrected chi connectivity index (χ1v) is 11.3. The Bertz CT molecular complexity index is 1020. The van der Waals surface area contributed by atoms with Crippen LogP contribution in [0.4, 0.5) is 0 Å². The van der Waals surface area contributed by atoms with Crippen LogP contribution in [0.3, 0.4) is 0 Å². The molecule has 158 valence electrons. The van der Waals surface area contributed by atoms with Gasteiger partial charge in [-0.25, -0.2) is 4.98 Å². The molecule has 6 nitrogen and oxygen atoms in total. The average molecular weight is 426 g/mol. The van der Waals surface area contributed by atoms with Gasteiger partial charge in [-0.3, -0.25) is 19.2 Å². The number of piperazine rings is 1. The summed E-state index contributed by atoms with van der Waals surface area (Å²) in [7, 11) is 0. The molecule has 3 heterocycles. The SMILES string of the molecule is CCC(O)N1CCN(Cc2c(-c3ccc(Cl)cc3)nc3cnc(C4CC4)cn23)CC1. The first kappa shape index (κ1) is 19.9. The fourth-order valence-electron chi connectivity index (χ4n) is 4.29. The number of hydrogen-bond donors (Lipinski definition) is 1. The number of rotatable bonds is 6. The number of imidazole rings is 1. The lowest BCUT2D eigenvalue weighted by Gasteiger charge is -2.37. The summed E-state index contributed by atoms with van der Waals surface area (Å²) in [6.45, 7) is 6.49. The summed E-state index contributed by atoms with van der Waals surface area (Å²) in [5.74, 6) is 0.600. The van der Waals surface area contributed by atoms with Crippen molar-refractivity contribution in [3.8, 4) is 11.3 Å². The van der Waals surface area contributed by atoms with E-state index in [2.05, 4.69) is 25.4 Å². The number of nitrogens with zero attached hydrogens (tertiary/aromatic N) is 5. The van der Waals surface area contributed by atoms with Gasteiger partial charge in [0.25, 0.3) is 0 Å². The summed E-state index contributed by atoms with van der Waals surface area (Å²) in [5, 5.41) is 10.9. The van der Waals surface area contributed by atoms with Gasteiger partial charge < -0.3 is 5.11 Å². The number of hydrogen-bond acceptors (Lipinski definition) is 5. The molecule has 1 saturated carbocycles. The van der Waals surface area contributed by atoms with Crippen molar-refractivity contribution in [2.24, 2.45) is 0 Å². The second-order valence-electron chi connectivity index (χ2n) is 8.43. The van der Waals surface area contributed by atoms with Crippen LogP contribution < -0.4 is 0 Å². The maximum atomic E-state index is 10.1. The van der Waals surface area contributed by atoms with Gasteiger partial charge in [0.1, 0.15) is 6.23 Å². The van der Waals surface area contributed by atoms with Crippen molar-refractivity contribution in [3.63, 3.8) is 0 Å². The first-order chi connectivity index (χ1) is 14.6. The second-order valence-corrected chi connectivity index (χ2v) is 8.87. The fourth-order valence-corrected chi connectivity index (χ4v) is 4.41. The van der Waals surface area contributed by atoms with Gasteiger partial charge in [-0.15, -0.1) is 0 Å². The van der Waals surface area contributed by atoms with Crippen LogP contribution in [0.2, 0.25) is 5.02 Å². The molecule has 30 heavy (non-hydrogen) atoms. The molecule has 1 saturated heterocycles. The highest BCUT2D eigenvalue weighted by Crippen LogP contribution is 2.39. The molecule has 1 aliphatic heterocycles. The molecule has 1 aliphatic carbocycles. The lowest BCUT2D eigenvalue weighted by molar-refractivity contribution is -0.0282. The van der Waals surface area contributed by atoms with Crippen LogP contribution in [0.25, 0.3) is 16.9 Å². The molecule has 2 aromatic heterocycles. The molecule has 2 fully saturated rings. The third-order valence-electron chi connectivity index (χ3n) is 6.31. The van der Waals surface area contributed by atoms with Gasteiger partial charge in [0.2, 0.25) is 0 Å². The van der Waals surface area contributed by atoms with E-state index >= 15 is 0 Å². The molecule has 1 atom stereocenters. The molecular formula is C23H28ClN5O. The summed E-state index contributed by atoms with van der Waals surface area (Å²) < 4.78 is 2.23. The second kappa shape index (κ2) is 8.27. The summed E-state index contributed by atoms with van der Waals surface area (Å²) in [4.78, 5) is 14.2. The van der Waals surface area contributed by atoms with Gasteiger partial charge in [0.05, 0.1) is 23.3 Å². The Morgan fingerprint density at radius 1 is 1.13 bits per heavy atom. The predicted molar refractivity (Wildman–Crippen MR) is 119 cm³/mol. The van der Waals surface area contributed by atoms with E-state index in [1.807, 2.05) is 37.4 Å². The van der Waals surface area contributed by atoms with Gasteiger partial charge in [0, 0.05) is 55.4 Å². The minimum absolute atomic E-state index is 0.334. The van der Waals surface area contributed by atoms with Crippen LogP contribution in [-0.2, 0) is 6.54 Å². The highest BCUT2D eigenvalue weighted by Gasteiger charge is 2.27. The fraction of sp³-hybridized carbons (Fsp3) is 0.478. The lowest BCUT2D eigenvalue weighted by atomic mass is 10.1. The van der Waals surface area contributed by atoms with Gasteiger partial charge in [-0.2, -0.15) is 0 Å². The normalized spacial score (nSPS) is 19.4. The predicted octanol–water partition coefficient (Wildman–Crippen LogP) is 3.77. The van der Waals surface area contributed by atoms with Crippen molar-refractivity contribution in [2.45, 2.75) is 44.9 Å². The van der Waals surface area contributed by atoms with Crippen molar-refractivity contribution < 1.29 is 5.11 Å². The maximum absolute atomic E-state index is 10.1. The number of halogens is 1. The van der Waals surface area contributed by atoms with Crippen LogP contribution in [0.1, 0.15) is 43.5 Å². The third-order valence-corrected chi connectivity index (χ3v) is 6.56. The van der Waals surface area contributed by atoms with Gasteiger partial charge >= 0.3 is 0 Å². The van der Waals surface area contributed by atoms with Crippen LogP contribution in [0.15, 0.2) is 36.7 Å². The van der Waals surface area contributed by atoms with Crippen LogP contribution in [-0.4, -0.2) is 61.7 Å². The van der Waals surface area contributed by atoms with Crippen molar-refractivity contribution in [3.05, 3.63) is 53.1 Å². The van der Waals surface area contributed by atoms with E-state index in [0.717, 1.165) is 61.1 Å². The molecule has 0 amide bonds. The molecule has 7 heteroatoms. The van der Waals surface area contributed by atoms with E-state index < -0.39 is 0 Å². The number of fused-ring (bicyclic) bond motifs is 1. The summed E-state index contributed by atoms with van der Waals surface area (Å²) in [5.41, 5.74) is 5.32. The Kier molecular flexibility index (Phi) is 5.50. The molecule has 1 unspecified atom stereocenters. The number of benzene rings is 1. The first-order valence-electron chi connectivity index (χ1n) is 10.9. The zero-order chi connectivity index (χ0) is 20.7. The van der Waals surface area contributed by atoms with Gasteiger partial charge in [-0.05, 0) is 31.4 Å². The minimum Gasteiger partial charge on any atom is -0.378 e. The van der Waals surface area contributed by atoms with Crippen LogP contribution in [0.5, 0.6) is 0 Å². The number of aromatic nitrogens is 3. The molecule has 0 spiro atoms. The summed E-state index contributed by atoms with van der Waals surface area (Å²) in [6.07, 6.45) is 6.99. The van der Waals surface area contributed by atoms with Crippen LogP contribution >= 0.6 is 11.6 Å². The smallest absolute Gasteiger partial charge is 0.156 e. The van der Waals surface area contributed by atoms with E-state index in [4.69, 9.17) is 16.6 Å². The zero-order valence-electron chi connectivity index (χ0n) is 17.3. The monoisotopic (exact) mass is 425 g/mol. The molecule has 1 N–H and O–H groups in total. The largest absolute Gasteiger partial charge is 0.378 e. The Morgan fingerprint density at radius 2 is 1.87 bits per heavy atom. The van der Waals surface area contributed by atoms with E-state index in [1.54, 1.807) is 0 Å². The van der Waals surface area contributed by atoms with Crippen molar-refractivity contribution in [2.75, 3.05) is 26.2 Å². The standard InChI is InChI=1S/C23H28ClN5O/c1-2-22(30)28-11-9-27(10-12-28)15-20-23(17-5-7-18(24)8-6-17)26-21-13-25-19(14-29(20)21)16-3-4-16/h5-8,13-14,16,22,30H,2-4,9-12,15H2,1H3. The zero-order valence-corrected chi connectivity index (χ0v) is 18.1. The number of aliphatic hydroxyl groups excluding tert-OH is 1. The highest BCUT2D eigenvalue weighted by molar-refractivity contribution is 6.30. The topological polar surface area (TPSA) is 56.9 Å². The number of aliphatic hydroxyl groups is 1. The summed E-state index contributed by atoms with van der Waals surface area (Å²) >= 11 is 6.12. The Balaban J connectivity index is 1.47. The van der Waals surface area contributed by atoms with Gasteiger partial charge in [-0.1, -0.05) is 30.7 Å². The van der Waals surface area contributed by atoms with Crippen molar-refractivity contribution in [1.82, 2.24) is 24.2 Å². The molecule has 0 bridgehead atoms. The van der Waals surface area contributed by atoms with Crippen LogP contribution in [0, 0.1) is 0 Å². The van der Waals surface area contributed by atoms with E-state index in [9.17, 15) is 5.11 Å². The van der Waals surface area contributed by atoms with E-state index in [-0.39, 0.29) is 6.23 Å². The molecule has 5 rings (SSSR count). The molecule has 2 aliphatic rings. The van der Waals surface area contributed by atoms with E-state index in [1.165, 1.54) is 24.2 Å². The molecule has 3 aromatic rings. The summed E-state index contributed by atoms with van der Waals surface area (Å²) in [6, 6.07) is 7.92. The van der Waals surface area contributed by atoms with Gasteiger partial charge in [0.15, 0.2) is 5.65 Å². The average Bonchev–Trinajstić information content (AvgIpc) is 3.57. The third kappa shape index (κ3) is 3.97. The Labute approximate surface area is 182 Å². The molecule has 1 aromatic carbocycles. The lowest BCUT2D eigenvalue weighted by Crippen LogP contribution is -2.49. The maximum Gasteiger partial charge on any atom is 0.156 e. The quantitative estimate of drug-likeness (QED) is 0.651. The van der Waals surface area contributed by atoms with E-state index in [0.29, 0.717) is 5.92 Å².